The maximum atomic E-state index is 6.03. The Balaban J connectivity index is 2.66. The summed E-state index contributed by atoms with van der Waals surface area (Å²) < 4.78 is 0. The van der Waals surface area contributed by atoms with Crippen molar-refractivity contribution < 1.29 is 0 Å². The molecule has 0 radical (unpaired) electrons. The van der Waals surface area contributed by atoms with Gasteiger partial charge in [0.2, 0.25) is 0 Å². The quantitative estimate of drug-likeness (QED) is 0.717. The fourth-order valence-electron chi connectivity index (χ4n) is 1.08. The van der Waals surface area contributed by atoms with Gasteiger partial charge in [0.05, 0.1) is 0 Å². The zero-order valence-electron chi connectivity index (χ0n) is 8.00. The smallest absolute Gasteiger partial charge is 0.0335 e. The molecule has 70 valence electrons. The van der Waals surface area contributed by atoms with E-state index in [1.165, 1.54) is 0 Å². The first-order chi connectivity index (χ1) is 6.18. The summed E-state index contributed by atoms with van der Waals surface area (Å²) in [7, 11) is 4.00. The average Bonchev–Trinajstić information content (AvgIpc) is 2.04. The van der Waals surface area contributed by atoms with E-state index in [9.17, 15) is 0 Å². The summed E-state index contributed by atoms with van der Waals surface area (Å²) in [4.78, 5) is 2.04. The predicted octanol–water partition coefficient (Wildman–Crippen LogP) is 2.83. The van der Waals surface area contributed by atoms with Gasteiger partial charge in [0.1, 0.15) is 0 Å². The molecule has 0 bridgehead atoms. The van der Waals surface area contributed by atoms with Gasteiger partial charge < -0.3 is 4.90 Å². The van der Waals surface area contributed by atoms with Crippen LogP contribution in [0.5, 0.6) is 0 Å². The van der Waals surface area contributed by atoms with Crippen molar-refractivity contribution in [3.05, 3.63) is 40.9 Å². The largest absolute Gasteiger partial charge is 0.304 e. The van der Waals surface area contributed by atoms with Gasteiger partial charge >= 0.3 is 0 Å². The van der Waals surface area contributed by atoms with E-state index in [0.29, 0.717) is 0 Å². The fraction of sp³-hybridized carbons (Fsp3) is 0.273. The Hall–Kier alpha value is -0.790. The molecule has 0 aliphatic rings. The molecule has 0 saturated heterocycles. The number of hydrogen-bond acceptors (Lipinski definition) is 1. The van der Waals surface area contributed by atoms with E-state index in [1.807, 2.05) is 55.4 Å². The Morgan fingerprint density at radius 2 is 1.92 bits per heavy atom. The van der Waals surface area contributed by atoms with E-state index in [0.717, 1.165) is 17.1 Å². The third kappa shape index (κ3) is 4.11. The molecule has 0 heterocycles. The maximum Gasteiger partial charge on any atom is 0.0335 e. The van der Waals surface area contributed by atoms with Gasteiger partial charge in [0, 0.05) is 11.6 Å². The lowest BCUT2D eigenvalue weighted by Gasteiger charge is -2.07. The molecule has 0 saturated carbocycles. The highest BCUT2D eigenvalue weighted by Gasteiger charge is 1.94. The molecule has 1 aromatic carbocycles. The highest BCUT2D eigenvalue weighted by Crippen LogP contribution is 2.10. The number of rotatable bonds is 3. The van der Waals surface area contributed by atoms with Crippen molar-refractivity contribution in [2.45, 2.75) is 0 Å². The minimum atomic E-state index is 0.788. The van der Waals surface area contributed by atoms with Gasteiger partial charge in [0.15, 0.2) is 0 Å². The van der Waals surface area contributed by atoms with Crippen LogP contribution in [0.2, 0.25) is 0 Å². The normalized spacial score (nSPS) is 12.2. The first-order valence-electron chi connectivity index (χ1n) is 4.24. The lowest BCUT2D eigenvalue weighted by Crippen LogP contribution is -2.12. The highest BCUT2D eigenvalue weighted by atomic mass is 35.5. The van der Waals surface area contributed by atoms with E-state index < -0.39 is 0 Å². The standard InChI is InChI=1S/C11H14ClN/c1-13(2)9-11(12)8-10-6-4-3-5-7-10/h3-8H,9H2,1-2H3/b11-8-. The zero-order valence-corrected chi connectivity index (χ0v) is 8.75. The van der Waals surface area contributed by atoms with Crippen molar-refractivity contribution >= 4 is 17.7 Å². The van der Waals surface area contributed by atoms with Gasteiger partial charge in [-0.3, -0.25) is 0 Å². The van der Waals surface area contributed by atoms with Gasteiger partial charge in [-0.1, -0.05) is 41.9 Å². The average molecular weight is 196 g/mol. The summed E-state index contributed by atoms with van der Waals surface area (Å²) in [5, 5.41) is 0.858. The van der Waals surface area contributed by atoms with Crippen molar-refractivity contribution in [3.8, 4) is 0 Å². The van der Waals surface area contributed by atoms with Crippen LogP contribution >= 0.6 is 11.6 Å². The Labute approximate surface area is 84.6 Å². The van der Waals surface area contributed by atoms with Crippen LogP contribution in [0.15, 0.2) is 35.4 Å². The molecule has 0 aromatic heterocycles. The number of likely N-dealkylation sites (N-methyl/N-ethyl adjacent to an activating group) is 1. The minimum absolute atomic E-state index is 0.788. The summed E-state index contributed by atoms with van der Waals surface area (Å²) >= 11 is 6.03. The monoisotopic (exact) mass is 195 g/mol. The molecule has 0 N–H and O–H groups in total. The molecule has 2 heteroatoms. The summed E-state index contributed by atoms with van der Waals surface area (Å²) in [6.07, 6.45) is 1.99. The number of halogens is 1. The Morgan fingerprint density at radius 3 is 2.46 bits per heavy atom. The van der Waals surface area contributed by atoms with Crippen molar-refractivity contribution in [1.82, 2.24) is 4.90 Å². The number of hydrogen-bond donors (Lipinski definition) is 0. The SMILES string of the molecule is CN(C)C/C(Cl)=C/c1ccccc1. The summed E-state index contributed by atoms with van der Waals surface area (Å²) in [6, 6.07) is 10.1. The molecule has 0 unspecified atom stereocenters. The maximum absolute atomic E-state index is 6.03. The third-order valence-corrected chi connectivity index (χ3v) is 1.82. The second-order valence-corrected chi connectivity index (χ2v) is 3.73. The van der Waals surface area contributed by atoms with E-state index in [4.69, 9.17) is 11.6 Å². The van der Waals surface area contributed by atoms with Crippen molar-refractivity contribution in [1.29, 1.82) is 0 Å². The molecule has 0 spiro atoms. The van der Waals surface area contributed by atoms with Crippen LogP contribution in [-0.4, -0.2) is 25.5 Å². The molecular formula is C11H14ClN. The summed E-state index contributed by atoms with van der Waals surface area (Å²) in [6.45, 7) is 0.788. The Bertz CT molecular complexity index is 277. The molecule has 0 amide bonds. The molecule has 1 aromatic rings. The van der Waals surface area contributed by atoms with Gasteiger partial charge in [-0.05, 0) is 25.7 Å². The Kier molecular flexibility index (Phi) is 4.00. The van der Waals surface area contributed by atoms with Crippen LogP contribution in [0.4, 0.5) is 0 Å². The second-order valence-electron chi connectivity index (χ2n) is 3.24. The predicted molar refractivity (Wildman–Crippen MR) is 58.8 cm³/mol. The van der Waals surface area contributed by atoms with Crippen LogP contribution < -0.4 is 0 Å². The van der Waals surface area contributed by atoms with Crippen LogP contribution in [0, 0.1) is 0 Å². The minimum Gasteiger partial charge on any atom is -0.304 e. The summed E-state index contributed by atoms with van der Waals surface area (Å²) in [5.41, 5.74) is 1.15. The zero-order chi connectivity index (χ0) is 9.68. The molecular weight excluding hydrogens is 182 g/mol. The van der Waals surface area contributed by atoms with Crippen LogP contribution in [0.1, 0.15) is 5.56 Å². The number of nitrogens with zero attached hydrogens (tertiary/aromatic N) is 1. The fourth-order valence-corrected chi connectivity index (χ4v) is 1.44. The first-order valence-corrected chi connectivity index (χ1v) is 4.62. The molecule has 1 rings (SSSR count). The lowest BCUT2D eigenvalue weighted by atomic mass is 10.2. The topological polar surface area (TPSA) is 3.24 Å². The molecule has 0 fully saturated rings. The lowest BCUT2D eigenvalue weighted by molar-refractivity contribution is 0.453. The van der Waals surface area contributed by atoms with Gasteiger partial charge in [0.25, 0.3) is 0 Å². The van der Waals surface area contributed by atoms with E-state index in [2.05, 4.69) is 0 Å². The van der Waals surface area contributed by atoms with Crippen LogP contribution in [0.25, 0.3) is 6.08 Å². The van der Waals surface area contributed by atoms with E-state index in [1.54, 1.807) is 0 Å². The highest BCUT2D eigenvalue weighted by molar-refractivity contribution is 6.31. The number of benzene rings is 1. The van der Waals surface area contributed by atoms with Gasteiger partial charge in [-0.2, -0.15) is 0 Å². The molecule has 0 aliphatic carbocycles. The molecule has 0 aliphatic heterocycles. The molecule has 13 heavy (non-hydrogen) atoms. The van der Waals surface area contributed by atoms with E-state index >= 15 is 0 Å². The molecule has 1 nitrogen and oxygen atoms in total. The molecule has 0 atom stereocenters. The van der Waals surface area contributed by atoms with Gasteiger partial charge in [-0.25, -0.2) is 0 Å². The van der Waals surface area contributed by atoms with E-state index in [-0.39, 0.29) is 0 Å². The van der Waals surface area contributed by atoms with Crippen molar-refractivity contribution in [3.63, 3.8) is 0 Å². The first kappa shape index (κ1) is 10.3. The Morgan fingerprint density at radius 1 is 1.31 bits per heavy atom. The van der Waals surface area contributed by atoms with Crippen molar-refractivity contribution in [2.24, 2.45) is 0 Å². The van der Waals surface area contributed by atoms with Crippen LogP contribution in [0.3, 0.4) is 0 Å². The van der Waals surface area contributed by atoms with Crippen molar-refractivity contribution in [2.75, 3.05) is 20.6 Å². The third-order valence-electron chi connectivity index (χ3n) is 1.59. The second kappa shape index (κ2) is 5.05. The van der Waals surface area contributed by atoms with Crippen LogP contribution in [-0.2, 0) is 0 Å². The van der Waals surface area contributed by atoms with Gasteiger partial charge in [-0.15, -0.1) is 0 Å². The summed E-state index contributed by atoms with van der Waals surface area (Å²) in [5.74, 6) is 0.